The summed E-state index contributed by atoms with van der Waals surface area (Å²) >= 11 is 0. The van der Waals surface area contributed by atoms with E-state index in [-0.39, 0.29) is 17.6 Å². The number of piperidine rings is 2. The first kappa shape index (κ1) is 26.6. The molecule has 1 aromatic carbocycles. The van der Waals surface area contributed by atoms with E-state index in [1.807, 2.05) is 17.2 Å². The molecule has 8 nitrogen and oxygen atoms in total. The fourth-order valence-corrected chi connectivity index (χ4v) is 5.99. The van der Waals surface area contributed by atoms with E-state index >= 15 is 0 Å². The monoisotopic (exact) mass is 522 g/mol. The first-order valence-electron chi connectivity index (χ1n) is 13.6. The maximum absolute atomic E-state index is 13.8. The standard InChI is InChI=1S/C28H36BFN4O4/c1-29(36)18-23-15-20(5-10-31-23)19-33-11-6-21(7-12-33)27(35)34-13-8-28(9-14-34)17-25(32-37-2)24-16-22(30)3-4-26(24)38-28/h3-5,10,15-16,21,36H,6-9,11-14,17-19H2,1-2H3/b32-25-. The molecule has 5 rings (SSSR count). The Hall–Kier alpha value is -2.98. The highest BCUT2D eigenvalue weighted by atomic mass is 19.1. The molecular formula is C28H36BFN4O4. The van der Waals surface area contributed by atoms with Crippen molar-refractivity contribution in [1.29, 1.82) is 0 Å². The number of amides is 1. The van der Waals surface area contributed by atoms with Gasteiger partial charge < -0.3 is 19.5 Å². The predicted octanol–water partition coefficient (Wildman–Crippen LogP) is 3.32. The molecule has 202 valence electrons. The first-order chi connectivity index (χ1) is 18.3. The van der Waals surface area contributed by atoms with Crippen molar-refractivity contribution in [2.24, 2.45) is 11.1 Å². The summed E-state index contributed by atoms with van der Waals surface area (Å²) in [7, 11) is 1.49. The Morgan fingerprint density at radius 3 is 2.71 bits per heavy atom. The van der Waals surface area contributed by atoms with Gasteiger partial charge in [0.05, 0.1) is 5.71 Å². The van der Waals surface area contributed by atoms with E-state index in [0.717, 1.165) is 38.2 Å². The third-order valence-corrected chi connectivity index (χ3v) is 7.98. The van der Waals surface area contributed by atoms with Gasteiger partial charge in [-0.3, -0.25) is 14.7 Å². The number of aromatic nitrogens is 1. The zero-order valence-corrected chi connectivity index (χ0v) is 22.2. The van der Waals surface area contributed by atoms with Gasteiger partial charge in [-0.05, 0) is 68.1 Å². The number of benzene rings is 1. The van der Waals surface area contributed by atoms with Crippen LogP contribution in [0.25, 0.3) is 0 Å². The van der Waals surface area contributed by atoms with Crippen molar-refractivity contribution in [3.63, 3.8) is 0 Å². The number of hydrogen-bond donors (Lipinski definition) is 1. The number of rotatable bonds is 6. The number of halogens is 1. The summed E-state index contributed by atoms with van der Waals surface area (Å²) in [5.74, 6) is 0.574. The van der Waals surface area contributed by atoms with Crippen LogP contribution in [-0.4, -0.2) is 77.2 Å². The van der Waals surface area contributed by atoms with Gasteiger partial charge in [-0.2, -0.15) is 0 Å². The Morgan fingerprint density at radius 1 is 1.24 bits per heavy atom. The Kier molecular flexibility index (Phi) is 8.00. The van der Waals surface area contributed by atoms with Crippen molar-refractivity contribution >= 4 is 18.5 Å². The van der Waals surface area contributed by atoms with E-state index in [9.17, 15) is 14.2 Å². The van der Waals surface area contributed by atoms with Crippen LogP contribution in [-0.2, 0) is 22.5 Å². The molecule has 1 amide bonds. The summed E-state index contributed by atoms with van der Waals surface area (Å²) in [5.41, 5.74) is 2.96. The summed E-state index contributed by atoms with van der Waals surface area (Å²) < 4.78 is 20.2. The molecule has 1 N–H and O–H groups in total. The molecule has 38 heavy (non-hydrogen) atoms. The average Bonchev–Trinajstić information content (AvgIpc) is 2.90. The summed E-state index contributed by atoms with van der Waals surface area (Å²) in [6.45, 7) is 5.24. The number of nitrogens with zero attached hydrogens (tertiary/aromatic N) is 4. The number of ether oxygens (including phenoxy) is 1. The predicted molar refractivity (Wildman–Crippen MR) is 144 cm³/mol. The molecule has 2 fully saturated rings. The molecule has 0 radical (unpaired) electrons. The van der Waals surface area contributed by atoms with Crippen LogP contribution in [0.4, 0.5) is 4.39 Å². The maximum Gasteiger partial charge on any atom is 0.291 e. The normalized spacial score (nSPS) is 20.7. The number of fused-ring (bicyclic) bond motifs is 1. The minimum Gasteiger partial charge on any atom is -0.486 e. The van der Waals surface area contributed by atoms with Crippen LogP contribution in [0.15, 0.2) is 41.7 Å². The minimum atomic E-state index is -0.459. The second kappa shape index (κ2) is 11.4. The third-order valence-electron chi connectivity index (χ3n) is 7.98. The van der Waals surface area contributed by atoms with Crippen molar-refractivity contribution in [2.45, 2.75) is 57.4 Å². The molecule has 3 aliphatic heterocycles. The SMILES string of the molecule is CO/N=C1/CC2(CCN(C(=O)C3CCN(Cc4ccnc(CB(C)O)c4)CC3)CC2)Oc2ccc(F)cc21. The number of likely N-dealkylation sites (tertiary alicyclic amines) is 2. The first-order valence-corrected chi connectivity index (χ1v) is 13.6. The van der Waals surface area contributed by atoms with Crippen LogP contribution in [0.2, 0.25) is 6.82 Å². The number of pyridine rings is 1. The molecule has 10 heteroatoms. The third kappa shape index (κ3) is 6.02. The molecule has 0 aliphatic carbocycles. The van der Waals surface area contributed by atoms with Gasteiger partial charge in [-0.1, -0.05) is 12.0 Å². The number of carbonyl (C=O) groups excluding carboxylic acids is 1. The van der Waals surface area contributed by atoms with Gasteiger partial charge in [0.25, 0.3) is 6.92 Å². The maximum atomic E-state index is 13.8. The molecule has 1 spiro atoms. The average molecular weight is 522 g/mol. The zero-order chi connectivity index (χ0) is 26.7. The van der Waals surface area contributed by atoms with Crippen LogP contribution in [0.5, 0.6) is 5.75 Å². The molecule has 2 saturated heterocycles. The van der Waals surface area contributed by atoms with Gasteiger partial charge in [0, 0.05) is 62.3 Å². The van der Waals surface area contributed by atoms with Crippen LogP contribution < -0.4 is 4.74 Å². The van der Waals surface area contributed by atoms with Gasteiger partial charge in [-0.25, -0.2) is 4.39 Å². The molecule has 2 aromatic rings. The summed E-state index contributed by atoms with van der Waals surface area (Å²) in [6.07, 6.45) is 6.01. The van der Waals surface area contributed by atoms with E-state index in [4.69, 9.17) is 9.57 Å². The molecule has 3 aliphatic rings. The lowest BCUT2D eigenvalue weighted by molar-refractivity contribution is -0.140. The lowest BCUT2D eigenvalue weighted by Gasteiger charge is -2.45. The highest BCUT2D eigenvalue weighted by Gasteiger charge is 2.44. The Balaban J connectivity index is 1.14. The van der Waals surface area contributed by atoms with Crippen molar-refractivity contribution in [1.82, 2.24) is 14.8 Å². The smallest absolute Gasteiger partial charge is 0.291 e. The van der Waals surface area contributed by atoms with Crippen molar-refractivity contribution in [2.75, 3.05) is 33.3 Å². The number of carbonyl (C=O) groups is 1. The fourth-order valence-electron chi connectivity index (χ4n) is 5.99. The molecule has 4 heterocycles. The van der Waals surface area contributed by atoms with E-state index in [0.29, 0.717) is 55.7 Å². The van der Waals surface area contributed by atoms with Gasteiger partial charge in [0.2, 0.25) is 5.91 Å². The highest BCUT2D eigenvalue weighted by Crippen LogP contribution is 2.40. The zero-order valence-electron chi connectivity index (χ0n) is 22.2. The summed E-state index contributed by atoms with van der Waals surface area (Å²) in [5, 5.41) is 13.8. The fraction of sp³-hybridized carbons (Fsp3) is 0.536. The molecule has 0 atom stereocenters. The van der Waals surface area contributed by atoms with Crippen LogP contribution in [0, 0.1) is 11.7 Å². The van der Waals surface area contributed by atoms with Gasteiger partial charge >= 0.3 is 0 Å². The van der Waals surface area contributed by atoms with Gasteiger partial charge in [0.15, 0.2) is 0 Å². The quantitative estimate of drug-likeness (QED) is 0.463. The largest absolute Gasteiger partial charge is 0.486 e. The second-order valence-electron chi connectivity index (χ2n) is 10.9. The van der Waals surface area contributed by atoms with Crippen molar-refractivity contribution in [3.8, 4) is 5.75 Å². The molecule has 1 aromatic heterocycles. The van der Waals surface area contributed by atoms with Gasteiger partial charge in [0.1, 0.15) is 24.3 Å². The highest BCUT2D eigenvalue weighted by molar-refractivity contribution is 6.47. The van der Waals surface area contributed by atoms with Gasteiger partial charge in [-0.15, -0.1) is 0 Å². The topological polar surface area (TPSA) is 87.5 Å². The lowest BCUT2D eigenvalue weighted by Crippen LogP contribution is -2.54. The van der Waals surface area contributed by atoms with E-state index in [1.165, 1.54) is 24.8 Å². The van der Waals surface area contributed by atoms with E-state index in [2.05, 4.69) is 21.1 Å². The lowest BCUT2D eigenvalue weighted by atomic mass is 9.67. The summed E-state index contributed by atoms with van der Waals surface area (Å²) in [4.78, 5) is 27.2. The van der Waals surface area contributed by atoms with Crippen molar-refractivity contribution < 1.29 is 23.8 Å². The van der Waals surface area contributed by atoms with E-state index in [1.54, 1.807) is 12.9 Å². The molecule has 0 bridgehead atoms. The molecular weight excluding hydrogens is 486 g/mol. The van der Waals surface area contributed by atoms with Crippen molar-refractivity contribution in [3.05, 3.63) is 59.2 Å². The Bertz CT molecular complexity index is 1180. The number of hydrogen-bond acceptors (Lipinski definition) is 7. The van der Waals surface area contributed by atoms with Crippen LogP contribution >= 0.6 is 0 Å². The molecule has 0 unspecified atom stereocenters. The molecule has 0 saturated carbocycles. The minimum absolute atomic E-state index is 0.0464. The Morgan fingerprint density at radius 2 is 2.00 bits per heavy atom. The number of oxime groups is 1. The second-order valence-corrected chi connectivity index (χ2v) is 10.9. The van der Waals surface area contributed by atoms with Crippen LogP contribution in [0.3, 0.4) is 0 Å². The van der Waals surface area contributed by atoms with Crippen LogP contribution in [0.1, 0.15) is 48.9 Å². The summed E-state index contributed by atoms with van der Waals surface area (Å²) in [6, 6.07) is 8.59. The Labute approximate surface area is 223 Å². The van der Waals surface area contributed by atoms with E-state index < -0.39 is 12.5 Å².